The average molecular weight is 466 g/mol. The molecule has 8 heteroatoms. The summed E-state index contributed by atoms with van der Waals surface area (Å²) in [7, 11) is 5.41. The number of methoxy groups -OCH3 is 1. The Morgan fingerprint density at radius 2 is 2.00 bits per heavy atom. The number of benzene rings is 1. The fraction of sp³-hybridized carbons (Fsp3) is 0.346. The van der Waals surface area contributed by atoms with Gasteiger partial charge in [0.2, 0.25) is 0 Å². The van der Waals surface area contributed by atoms with Crippen molar-refractivity contribution in [3.8, 4) is 11.4 Å². The van der Waals surface area contributed by atoms with Crippen LogP contribution in [0.5, 0.6) is 5.75 Å². The van der Waals surface area contributed by atoms with E-state index >= 15 is 0 Å². The molecule has 0 aliphatic carbocycles. The molecule has 0 saturated carbocycles. The lowest BCUT2D eigenvalue weighted by molar-refractivity contribution is 0.0771. The van der Waals surface area contributed by atoms with E-state index in [-0.39, 0.29) is 11.6 Å². The van der Waals surface area contributed by atoms with Gasteiger partial charge in [0, 0.05) is 25.7 Å². The fourth-order valence-corrected chi connectivity index (χ4v) is 3.53. The lowest BCUT2D eigenvalue weighted by Crippen LogP contribution is -2.35. The molecule has 0 unspecified atom stereocenters. The van der Waals surface area contributed by atoms with E-state index in [1.165, 1.54) is 10.3 Å². The number of primary amides is 1. The zero-order valence-electron chi connectivity index (χ0n) is 20.7. The molecule has 3 rings (SSSR count). The van der Waals surface area contributed by atoms with Crippen LogP contribution in [0.2, 0.25) is 0 Å². The normalized spacial score (nSPS) is 13.5. The summed E-state index contributed by atoms with van der Waals surface area (Å²) in [5.74, 6) is -0.0960. The van der Waals surface area contributed by atoms with Gasteiger partial charge in [0.25, 0.3) is 11.8 Å². The molecule has 1 aromatic carbocycles. The van der Waals surface area contributed by atoms with E-state index in [0.29, 0.717) is 35.7 Å². The molecule has 1 aromatic heterocycles. The maximum Gasteiger partial charge on any atom is 0.272 e. The number of hydrogen-bond acceptors (Lipinski definition) is 5. The zero-order valence-corrected chi connectivity index (χ0v) is 20.7. The predicted molar refractivity (Wildman–Crippen MR) is 136 cm³/mol. The lowest BCUT2D eigenvalue weighted by Gasteiger charge is -2.23. The van der Waals surface area contributed by atoms with Crippen LogP contribution >= 0.6 is 0 Å². The molecule has 0 saturated heterocycles. The van der Waals surface area contributed by atoms with Crippen LogP contribution in [0.25, 0.3) is 5.69 Å². The third-order valence-corrected chi connectivity index (χ3v) is 5.49. The Labute approximate surface area is 202 Å². The second kappa shape index (κ2) is 12.6. The number of carbonyl (C=O) groups is 2. The molecule has 8 nitrogen and oxygen atoms in total. The topological polar surface area (TPSA) is 93.7 Å². The molecular formula is C26H35N5O3. The van der Waals surface area contributed by atoms with Crippen LogP contribution in [0.15, 0.2) is 60.7 Å². The van der Waals surface area contributed by atoms with Crippen molar-refractivity contribution in [2.24, 2.45) is 5.73 Å². The van der Waals surface area contributed by atoms with Crippen molar-refractivity contribution in [1.29, 1.82) is 0 Å². The Morgan fingerprint density at radius 1 is 1.32 bits per heavy atom. The van der Waals surface area contributed by atoms with Crippen LogP contribution in [0.3, 0.4) is 0 Å². The van der Waals surface area contributed by atoms with Crippen LogP contribution in [0.1, 0.15) is 40.4 Å². The van der Waals surface area contributed by atoms with E-state index in [1.54, 1.807) is 43.3 Å². The van der Waals surface area contributed by atoms with Gasteiger partial charge in [0.15, 0.2) is 5.69 Å². The van der Waals surface area contributed by atoms with Crippen molar-refractivity contribution in [3.63, 3.8) is 0 Å². The van der Waals surface area contributed by atoms with Crippen LogP contribution in [-0.4, -0.2) is 72.2 Å². The van der Waals surface area contributed by atoms with Crippen molar-refractivity contribution >= 4 is 11.8 Å². The van der Waals surface area contributed by atoms with Crippen LogP contribution < -0.4 is 10.5 Å². The monoisotopic (exact) mass is 465 g/mol. The van der Waals surface area contributed by atoms with E-state index in [9.17, 15) is 9.59 Å². The van der Waals surface area contributed by atoms with Gasteiger partial charge in [-0.1, -0.05) is 37.8 Å². The van der Waals surface area contributed by atoms with Gasteiger partial charge in [-0.05, 0) is 56.8 Å². The van der Waals surface area contributed by atoms with E-state index in [4.69, 9.17) is 10.5 Å². The third kappa shape index (κ3) is 6.45. The molecule has 2 aromatic rings. The molecule has 1 aliphatic rings. The van der Waals surface area contributed by atoms with Gasteiger partial charge in [-0.25, -0.2) is 4.68 Å². The van der Waals surface area contributed by atoms with Gasteiger partial charge >= 0.3 is 0 Å². The maximum atomic E-state index is 12.5. The number of nitrogens with two attached hydrogens (primary N) is 1. The summed E-state index contributed by atoms with van der Waals surface area (Å²) in [4.78, 5) is 27.9. The summed E-state index contributed by atoms with van der Waals surface area (Å²) < 4.78 is 6.60. The molecule has 0 bridgehead atoms. The Kier molecular flexibility index (Phi) is 9.82. The minimum Gasteiger partial charge on any atom is -0.497 e. The number of amides is 2. The summed E-state index contributed by atoms with van der Waals surface area (Å²) in [6.07, 6.45) is 8.61. The lowest BCUT2D eigenvalue weighted by atomic mass is 10.0. The number of likely N-dealkylation sites (N-methyl/N-ethyl adjacent to an activating group) is 2. The highest BCUT2D eigenvalue weighted by molar-refractivity contribution is 6.01. The maximum absolute atomic E-state index is 12.5. The summed E-state index contributed by atoms with van der Waals surface area (Å²) in [5, 5.41) is 4.26. The van der Waals surface area contributed by atoms with Crippen molar-refractivity contribution in [2.45, 2.75) is 20.3 Å². The highest BCUT2D eigenvalue weighted by Gasteiger charge is 2.32. The highest BCUT2D eigenvalue weighted by Crippen LogP contribution is 2.25. The van der Waals surface area contributed by atoms with Gasteiger partial charge in [-0.2, -0.15) is 5.10 Å². The minimum atomic E-state index is -0.624. The first-order valence-corrected chi connectivity index (χ1v) is 11.2. The summed E-state index contributed by atoms with van der Waals surface area (Å²) >= 11 is 0. The predicted octanol–water partition coefficient (Wildman–Crippen LogP) is 3.23. The van der Waals surface area contributed by atoms with Crippen molar-refractivity contribution < 1.29 is 14.3 Å². The zero-order chi connectivity index (χ0) is 25.3. The molecule has 0 spiro atoms. The van der Waals surface area contributed by atoms with E-state index < -0.39 is 5.91 Å². The Balaban J connectivity index is 0.000000292. The first-order chi connectivity index (χ1) is 16.3. The van der Waals surface area contributed by atoms with Gasteiger partial charge < -0.3 is 20.3 Å². The largest absolute Gasteiger partial charge is 0.497 e. The molecule has 182 valence electrons. The van der Waals surface area contributed by atoms with Gasteiger partial charge in [-0.15, -0.1) is 0 Å². The number of aromatic nitrogens is 2. The third-order valence-electron chi connectivity index (χ3n) is 5.49. The van der Waals surface area contributed by atoms with Crippen molar-refractivity contribution in [1.82, 2.24) is 19.6 Å². The SMILES string of the molecule is C=C/C=C(\C=C/C)CN(C)CC.COc1ccc(-n2nc(C(N)=O)c3c2C(=O)N(C)CC3)cc1. The minimum absolute atomic E-state index is 0.160. The molecule has 2 amide bonds. The Hall–Kier alpha value is -3.65. The smallest absolute Gasteiger partial charge is 0.272 e. The van der Waals surface area contributed by atoms with Gasteiger partial charge in [-0.3, -0.25) is 9.59 Å². The number of carbonyl (C=O) groups excluding carboxylic acids is 2. The summed E-state index contributed by atoms with van der Waals surface area (Å²) in [5.41, 5.74) is 8.54. The second-order valence-electron chi connectivity index (χ2n) is 7.93. The second-order valence-corrected chi connectivity index (χ2v) is 7.93. The molecule has 2 heterocycles. The number of fused-ring (bicyclic) bond motifs is 1. The number of rotatable bonds is 8. The first-order valence-electron chi connectivity index (χ1n) is 11.2. The number of nitrogens with zero attached hydrogens (tertiary/aromatic N) is 4. The number of allylic oxidation sites excluding steroid dienone is 3. The average Bonchev–Trinajstić information content (AvgIpc) is 3.23. The highest BCUT2D eigenvalue weighted by atomic mass is 16.5. The molecule has 2 N–H and O–H groups in total. The molecule has 34 heavy (non-hydrogen) atoms. The van der Waals surface area contributed by atoms with Gasteiger partial charge in [0.1, 0.15) is 11.4 Å². The van der Waals surface area contributed by atoms with Crippen LogP contribution in [0.4, 0.5) is 0 Å². The van der Waals surface area contributed by atoms with E-state index in [0.717, 1.165) is 13.1 Å². The molecule has 1 aliphatic heterocycles. The van der Waals surface area contributed by atoms with Crippen molar-refractivity contribution in [2.75, 3.05) is 40.8 Å². The van der Waals surface area contributed by atoms with E-state index in [1.807, 2.05) is 19.1 Å². The molecule has 0 radical (unpaired) electrons. The van der Waals surface area contributed by atoms with E-state index in [2.05, 4.69) is 42.7 Å². The standard InChI is InChI=1S/C15H16N4O3.C11H19N/c1-18-8-7-11-12(14(16)20)17-19(13(11)15(18)21)9-3-5-10(22-2)6-4-9;1-5-8-11(9-6-2)10-12(4)7-3/h3-6H,7-8H2,1-2H3,(H2,16,20);5-6,8-9H,1,7,10H2,2-4H3/b;9-6-,11-8+. The fourth-order valence-electron chi connectivity index (χ4n) is 3.53. The Bertz CT molecular complexity index is 1070. The quantitative estimate of drug-likeness (QED) is 0.604. The number of ether oxygens (including phenoxy) is 1. The first kappa shape index (κ1) is 26.6. The Morgan fingerprint density at radius 3 is 2.53 bits per heavy atom. The van der Waals surface area contributed by atoms with Crippen molar-refractivity contribution in [3.05, 3.63) is 77.7 Å². The van der Waals surface area contributed by atoms with Crippen LogP contribution in [0, 0.1) is 0 Å². The molecule has 0 fully saturated rings. The van der Waals surface area contributed by atoms with Crippen LogP contribution in [-0.2, 0) is 6.42 Å². The number of hydrogen-bond donors (Lipinski definition) is 1. The molecule has 0 atom stereocenters. The summed E-state index contributed by atoms with van der Waals surface area (Å²) in [6, 6.07) is 7.09. The summed E-state index contributed by atoms with van der Waals surface area (Å²) in [6.45, 7) is 10.5. The molecular weight excluding hydrogens is 430 g/mol. The van der Waals surface area contributed by atoms with Gasteiger partial charge in [0.05, 0.1) is 12.8 Å².